The quantitative estimate of drug-likeness (QED) is 0.832. The van der Waals surface area contributed by atoms with Crippen molar-refractivity contribution in [2.24, 2.45) is 0 Å². The molecule has 24 heavy (non-hydrogen) atoms. The van der Waals surface area contributed by atoms with Crippen molar-refractivity contribution in [3.05, 3.63) is 62.9 Å². The summed E-state index contributed by atoms with van der Waals surface area (Å²) in [5, 5.41) is 2.82. The van der Waals surface area contributed by atoms with Crippen molar-refractivity contribution in [3.63, 3.8) is 0 Å². The highest BCUT2D eigenvalue weighted by molar-refractivity contribution is 5.76. The predicted molar refractivity (Wildman–Crippen MR) is 90.1 cm³/mol. The van der Waals surface area contributed by atoms with Crippen LogP contribution in [0, 0.1) is 0 Å². The molecule has 2 N–H and O–H groups in total. The van der Waals surface area contributed by atoms with Crippen LogP contribution in [0.1, 0.15) is 32.4 Å². The summed E-state index contributed by atoms with van der Waals surface area (Å²) in [4.78, 5) is 36.8. The summed E-state index contributed by atoms with van der Waals surface area (Å²) < 4.78 is 6.78. The molecule has 128 valence electrons. The van der Waals surface area contributed by atoms with E-state index in [1.807, 2.05) is 45.0 Å². The molecule has 1 atom stereocenters. The fourth-order valence-corrected chi connectivity index (χ4v) is 2.22. The first-order valence-electron chi connectivity index (χ1n) is 7.71. The Bertz CT molecular complexity index is 823. The number of amides is 1. The summed E-state index contributed by atoms with van der Waals surface area (Å²) in [7, 11) is 0. The lowest BCUT2D eigenvalue weighted by molar-refractivity contribution is -0.122. The smallest absolute Gasteiger partial charge is 0.328 e. The zero-order chi connectivity index (χ0) is 17.7. The molecule has 1 aromatic carbocycles. The van der Waals surface area contributed by atoms with Gasteiger partial charge in [-0.1, -0.05) is 12.1 Å². The number of aromatic nitrogens is 2. The van der Waals surface area contributed by atoms with E-state index in [0.29, 0.717) is 0 Å². The van der Waals surface area contributed by atoms with Gasteiger partial charge in [0.25, 0.3) is 5.56 Å². The van der Waals surface area contributed by atoms with Gasteiger partial charge in [0.1, 0.15) is 12.3 Å². The fourth-order valence-electron chi connectivity index (χ4n) is 2.22. The van der Waals surface area contributed by atoms with E-state index in [2.05, 4.69) is 10.3 Å². The zero-order valence-corrected chi connectivity index (χ0v) is 13.9. The SMILES string of the molecule is CC(C)Oc1cccc(C(C)NC(=O)Cn2ccc(=O)[nH]c2=O)c1. The number of nitrogens with one attached hydrogen (secondary N) is 2. The number of carbonyl (C=O) groups is 1. The van der Waals surface area contributed by atoms with E-state index in [0.717, 1.165) is 15.9 Å². The molecule has 0 bridgehead atoms. The van der Waals surface area contributed by atoms with Gasteiger partial charge in [-0.25, -0.2) is 4.79 Å². The first-order valence-corrected chi connectivity index (χ1v) is 7.71. The predicted octanol–water partition coefficient (Wildman–Crippen LogP) is 1.20. The van der Waals surface area contributed by atoms with Crippen LogP contribution in [0.25, 0.3) is 0 Å². The molecule has 0 saturated heterocycles. The standard InChI is InChI=1S/C17H21N3O4/c1-11(2)24-14-6-4-5-13(9-14)12(3)18-16(22)10-20-8-7-15(21)19-17(20)23/h4-9,11-12H,10H2,1-3H3,(H,18,22)(H,19,21,23). The van der Waals surface area contributed by atoms with Crippen LogP contribution in [0.4, 0.5) is 0 Å². The number of H-pyrrole nitrogens is 1. The third kappa shape index (κ3) is 4.84. The van der Waals surface area contributed by atoms with Crippen LogP contribution in [-0.2, 0) is 11.3 Å². The molecule has 0 aliphatic heterocycles. The van der Waals surface area contributed by atoms with Crippen LogP contribution in [0.2, 0.25) is 0 Å². The van der Waals surface area contributed by atoms with Crippen LogP contribution in [-0.4, -0.2) is 21.6 Å². The molecule has 1 aromatic heterocycles. The highest BCUT2D eigenvalue weighted by Crippen LogP contribution is 2.20. The molecule has 7 nitrogen and oxygen atoms in total. The minimum absolute atomic E-state index is 0.0669. The Morgan fingerprint density at radius 1 is 1.25 bits per heavy atom. The molecule has 0 saturated carbocycles. The van der Waals surface area contributed by atoms with Gasteiger partial charge in [0.2, 0.25) is 5.91 Å². The molecule has 7 heteroatoms. The largest absolute Gasteiger partial charge is 0.491 e. The van der Waals surface area contributed by atoms with Gasteiger partial charge < -0.3 is 10.1 Å². The van der Waals surface area contributed by atoms with Crippen molar-refractivity contribution in [1.29, 1.82) is 0 Å². The lowest BCUT2D eigenvalue weighted by atomic mass is 10.1. The maximum atomic E-state index is 12.1. The van der Waals surface area contributed by atoms with Crippen molar-refractivity contribution in [2.45, 2.75) is 39.5 Å². The summed E-state index contributed by atoms with van der Waals surface area (Å²) in [5.74, 6) is 0.410. The number of hydrogen-bond acceptors (Lipinski definition) is 4. The fraction of sp³-hybridized carbons (Fsp3) is 0.353. The lowest BCUT2D eigenvalue weighted by Crippen LogP contribution is -2.36. The number of hydrogen-bond donors (Lipinski definition) is 2. The van der Waals surface area contributed by atoms with Crippen molar-refractivity contribution >= 4 is 5.91 Å². The highest BCUT2D eigenvalue weighted by atomic mass is 16.5. The lowest BCUT2D eigenvalue weighted by Gasteiger charge is -2.17. The maximum absolute atomic E-state index is 12.1. The van der Waals surface area contributed by atoms with E-state index in [-0.39, 0.29) is 24.6 Å². The summed E-state index contributed by atoms with van der Waals surface area (Å²) >= 11 is 0. The highest BCUT2D eigenvalue weighted by Gasteiger charge is 2.12. The molecular formula is C17H21N3O4. The van der Waals surface area contributed by atoms with Gasteiger partial charge in [-0.3, -0.25) is 19.1 Å². The Balaban J connectivity index is 2.03. The number of carbonyl (C=O) groups excluding carboxylic acids is 1. The van der Waals surface area contributed by atoms with Gasteiger partial charge in [0.15, 0.2) is 0 Å². The second kappa shape index (κ2) is 7.63. The summed E-state index contributed by atoms with van der Waals surface area (Å²) in [6, 6.07) is 8.44. The Morgan fingerprint density at radius 3 is 2.67 bits per heavy atom. The van der Waals surface area contributed by atoms with Crippen molar-refractivity contribution in [3.8, 4) is 5.75 Å². The van der Waals surface area contributed by atoms with Gasteiger partial charge >= 0.3 is 5.69 Å². The Labute approximate surface area is 139 Å². The second-order valence-corrected chi connectivity index (χ2v) is 5.77. The summed E-state index contributed by atoms with van der Waals surface area (Å²) in [6.07, 6.45) is 1.36. The van der Waals surface area contributed by atoms with Gasteiger partial charge in [-0.05, 0) is 38.5 Å². The second-order valence-electron chi connectivity index (χ2n) is 5.77. The average Bonchev–Trinajstić information content (AvgIpc) is 2.49. The van der Waals surface area contributed by atoms with Crippen molar-refractivity contribution in [2.75, 3.05) is 0 Å². The molecule has 2 rings (SSSR count). The minimum Gasteiger partial charge on any atom is -0.491 e. The molecule has 1 amide bonds. The molecule has 0 radical (unpaired) electrons. The van der Waals surface area contributed by atoms with Gasteiger partial charge in [0.05, 0.1) is 12.1 Å². The van der Waals surface area contributed by atoms with Crippen molar-refractivity contribution < 1.29 is 9.53 Å². The van der Waals surface area contributed by atoms with Crippen LogP contribution in [0.3, 0.4) is 0 Å². The number of nitrogens with zero attached hydrogens (tertiary/aromatic N) is 1. The molecule has 0 aliphatic carbocycles. The Hall–Kier alpha value is -2.83. The Kier molecular flexibility index (Phi) is 5.57. The van der Waals surface area contributed by atoms with Gasteiger partial charge in [-0.2, -0.15) is 0 Å². The van der Waals surface area contributed by atoms with Crippen molar-refractivity contribution in [1.82, 2.24) is 14.9 Å². The average molecular weight is 331 g/mol. The third-order valence-corrected chi connectivity index (χ3v) is 3.32. The van der Waals surface area contributed by atoms with Crippen LogP contribution in [0.15, 0.2) is 46.1 Å². The van der Waals surface area contributed by atoms with Crippen LogP contribution < -0.4 is 21.3 Å². The van der Waals surface area contributed by atoms with Gasteiger partial charge in [-0.15, -0.1) is 0 Å². The summed E-state index contributed by atoms with van der Waals surface area (Å²) in [5.41, 5.74) is -0.208. The third-order valence-electron chi connectivity index (χ3n) is 3.32. The van der Waals surface area contributed by atoms with Crippen LogP contribution in [0.5, 0.6) is 5.75 Å². The molecule has 2 aromatic rings. The van der Waals surface area contributed by atoms with E-state index >= 15 is 0 Å². The first-order chi connectivity index (χ1) is 11.3. The first kappa shape index (κ1) is 17.5. The van der Waals surface area contributed by atoms with Crippen LogP contribution >= 0.6 is 0 Å². The maximum Gasteiger partial charge on any atom is 0.328 e. The molecule has 0 aliphatic rings. The molecule has 0 spiro atoms. The Morgan fingerprint density at radius 2 is 2.00 bits per heavy atom. The number of benzene rings is 1. The van der Waals surface area contributed by atoms with Gasteiger partial charge in [0, 0.05) is 12.3 Å². The number of ether oxygens (including phenoxy) is 1. The van der Waals surface area contributed by atoms with E-state index in [9.17, 15) is 14.4 Å². The van der Waals surface area contributed by atoms with E-state index in [1.165, 1.54) is 12.3 Å². The minimum atomic E-state index is -0.613. The van der Waals surface area contributed by atoms with E-state index in [4.69, 9.17) is 4.74 Å². The van der Waals surface area contributed by atoms with E-state index < -0.39 is 11.2 Å². The number of aromatic amines is 1. The molecule has 0 fully saturated rings. The monoisotopic (exact) mass is 331 g/mol. The zero-order valence-electron chi connectivity index (χ0n) is 13.9. The van der Waals surface area contributed by atoms with E-state index in [1.54, 1.807) is 0 Å². The molecule has 1 heterocycles. The number of rotatable bonds is 6. The normalized spacial score (nSPS) is 12.0. The summed E-state index contributed by atoms with van der Waals surface area (Å²) in [6.45, 7) is 5.57. The molecule has 1 unspecified atom stereocenters. The topological polar surface area (TPSA) is 93.2 Å². The molecular weight excluding hydrogens is 310 g/mol.